The number of fused-ring (bicyclic) bond motifs is 4. The molecule has 2 saturated heterocycles. The van der Waals surface area contributed by atoms with E-state index in [4.69, 9.17) is 4.98 Å². The highest BCUT2D eigenvalue weighted by Gasteiger charge is 2.36. The number of hydrogen-bond acceptors (Lipinski definition) is 5. The molecule has 0 saturated carbocycles. The number of carbonyl (C=O) groups is 1. The minimum Gasteiger partial charge on any atom is -0.337 e. The van der Waals surface area contributed by atoms with Gasteiger partial charge in [0.15, 0.2) is 0 Å². The van der Waals surface area contributed by atoms with Crippen LogP contribution in [0.2, 0.25) is 0 Å². The molecular formula is C26H25N7O. The van der Waals surface area contributed by atoms with E-state index in [2.05, 4.69) is 73.3 Å². The third-order valence-corrected chi connectivity index (χ3v) is 7.39. The Hall–Kier alpha value is -3.94. The number of nitrogens with one attached hydrogen (secondary N) is 1. The normalized spacial score (nSPS) is 21.6. The van der Waals surface area contributed by atoms with E-state index in [1.54, 1.807) is 0 Å². The molecule has 3 aliphatic heterocycles. The zero-order valence-corrected chi connectivity index (χ0v) is 18.8. The van der Waals surface area contributed by atoms with Crippen molar-refractivity contribution < 1.29 is 4.79 Å². The summed E-state index contributed by atoms with van der Waals surface area (Å²) in [6, 6.07) is 17.7. The van der Waals surface area contributed by atoms with Crippen LogP contribution in [0, 0.1) is 0 Å². The van der Waals surface area contributed by atoms with Gasteiger partial charge in [-0.25, -0.2) is 19.7 Å². The van der Waals surface area contributed by atoms with Crippen LogP contribution in [-0.2, 0) is 6.42 Å². The molecule has 34 heavy (non-hydrogen) atoms. The lowest BCUT2D eigenvalue weighted by Gasteiger charge is -2.36. The van der Waals surface area contributed by atoms with Crippen LogP contribution >= 0.6 is 0 Å². The summed E-state index contributed by atoms with van der Waals surface area (Å²) in [5.41, 5.74) is 5.62. The molecule has 0 bridgehead atoms. The molecule has 8 heteroatoms. The minimum absolute atomic E-state index is 0.0390. The summed E-state index contributed by atoms with van der Waals surface area (Å²) in [5, 5.41) is 2.92. The molecule has 2 aromatic heterocycles. The van der Waals surface area contributed by atoms with Gasteiger partial charge < -0.3 is 19.7 Å². The number of nitrogens with zero attached hydrogens (tertiary/aromatic N) is 6. The van der Waals surface area contributed by atoms with E-state index >= 15 is 0 Å². The topological polar surface area (TPSA) is 79.2 Å². The van der Waals surface area contributed by atoms with Gasteiger partial charge in [0.2, 0.25) is 5.95 Å². The van der Waals surface area contributed by atoms with Gasteiger partial charge in [0.1, 0.15) is 5.82 Å². The van der Waals surface area contributed by atoms with E-state index in [0.717, 1.165) is 59.9 Å². The molecule has 2 atom stereocenters. The van der Waals surface area contributed by atoms with Gasteiger partial charge in [0, 0.05) is 50.6 Å². The Bertz CT molecular complexity index is 1380. The Morgan fingerprint density at radius 1 is 0.971 bits per heavy atom. The highest BCUT2D eigenvalue weighted by Crippen LogP contribution is 2.36. The molecular weight excluding hydrogens is 426 g/mol. The van der Waals surface area contributed by atoms with Crippen LogP contribution in [0.15, 0.2) is 60.9 Å². The first-order chi connectivity index (χ1) is 16.7. The third-order valence-electron chi connectivity index (χ3n) is 7.39. The number of urea groups is 1. The maximum Gasteiger partial charge on any atom is 0.317 e. The van der Waals surface area contributed by atoms with Crippen LogP contribution in [-0.4, -0.2) is 62.7 Å². The first-order valence-corrected chi connectivity index (χ1v) is 11.9. The summed E-state index contributed by atoms with van der Waals surface area (Å²) in [6.45, 7) is 2.89. The molecule has 2 amide bonds. The van der Waals surface area contributed by atoms with E-state index in [1.807, 2.05) is 17.3 Å². The Labute approximate surface area is 197 Å². The monoisotopic (exact) mass is 451 g/mol. The smallest absolute Gasteiger partial charge is 0.317 e. The standard InChI is InChI=1S/C26H25N7O/c34-26-29-15-20-16-31(10-11-32(20)26)25-27-13-19(14-28-25)18-6-7-21-23(12-18)33-22(8-9-24(33)30-21)17-4-2-1-3-5-17/h1-7,12-14,20,22H,8-11,15-16H2,(H,29,34)/t20-,22+/m0/s1. The number of rotatable bonds is 3. The van der Waals surface area contributed by atoms with Crippen molar-refractivity contribution in [3.63, 3.8) is 0 Å². The number of imidazole rings is 1. The fourth-order valence-electron chi connectivity index (χ4n) is 5.65. The predicted molar refractivity (Wildman–Crippen MR) is 130 cm³/mol. The van der Waals surface area contributed by atoms with Gasteiger partial charge in [0.25, 0.3) is 0 Å². The Kier molecular flexibility index (Phi) is 4.33. The molecule has 170 valence electrons. The zero-order chi connectivity index (χ0) is 22.6. The van der Waals surface area contributed by atoms with Gasteiger partial charge in [-0.2, -0.15) is 0 Å². The van der Waals surface area contributed by atoms with E-state index in [1.165, 1.54) is 5.56 Å². The molecule has 2 fully saturated rings. The summed E-state index contributed by atoms with van der Waals surface area (Å²) in [4.78, 5) is 30.2. The van der Waals surface area contributed by atoms with Crippen LogP contribution in [0.5, 0.6) is 0 Å². The number of carbonyl (C=O) groups excluding carboxylic acids is 1. The Morgan fingerprint density at radius 3 is 2.68 bits per heavy atom. The molecule has 8 nitrogen and oxygen atoms in total. The molecule has 0 aliphatic carbocycles. The second-order valence-corrected chi connectivity index (χ2v) is 9.32. The molecule has 3 aliphatic rings. The van der Waals surface area contributed by atoms with Gasteiger partial charge in [0.05, 0.1) is 23.1 Å². The maximum atomic E-state index is 11.9. The SMILES string of the molecule is O=C1NC[C@H]2CN(c3ncc(-c4ccc5nc6n(c5c4)[C@@H](c4ccccc4)CC6)cn3)CCN12. The summed E-state index contributed by atoms with van der Waals surface area (Å²) >= 11 is 0. The molecule has 0 radical (unpaired) electrons. The fraction of sp³-hybridized carbons (Fsp3) is 0.308. The Balaban J connectivity index is 1.18. The van der Waals surface area contributed by atoms with Crippen molar-refractivity contribution in [2.45, 2.75) is 24.9 Å². The minimum atomic E-state index is 0.0390. The summed E-state index contributed by atoms with van der Waals surface area (Å²) < 4.78 is 2.40. The number of aromatic nitrogens is 4. The van der Waals surface area contributed by atoms with Crippen LogP contribution < -0.4 is 10.2 Å². The Morgan fingerprint density at radius 2 is 1.82 bits per heavy atom. The van der Waals surface area contributed by atoms with Crippen LogP contribution in [0.4, 0.5) is 10.7 Å². The second-order valence-electron chi connectivity index (χ2n) is 9.32. The van der Waals surface area contributed by atoms with E-state index in [-0.39, 0.29) is 12.1 Å². The molecule has 1 N–H and O–H groups in total. The largest absolute Gasteiger partial charge is 0.337 e. The molecule has 2 aromatic carbocycles. The lowest BCUT2D eigenvalue weighted by Crippen LogP contribution is -2.52. The van der Waals surface area contributed by atoms with Crippen LogP contribution in [0.1, 0.15) is 23.9 Å². The maximum absolute atomic E-state index is 11.9. The number of benzene rings is 2. The number of piperazine rings is 1. The van der Waals surface area contributed by atoms with E-state index in [9.17, 15) is 4.79 Å². The summed E-state index contributed by atoms with van der Waals surface area (Å²) in [6.07, 6.45) is 5.89. The quantitative estimate of drug-likeness (QED) is 0.517. The van der Waals surface area contributed by atoms with Crippen molar-refractivity contribution in [1.29, 1.82) is 0 Å². The number of amides is 2. The van der Waals surface area contributed by atoms with Gasteiger partial charge in [-0.3, -0.25) is 0 Å². The number of aryl methyl sites for hydroxylation is 1. The number of anilines is 1. The van der Waals surface area contributed by atoms with Gasteiger partial charge in [-0.05, 0) is 29.7 Å². The second kappa shape index (κ2) is 7.55. The van der Waals surface area contributed by atoms with Crippen LogP contribution in [0.3, 0.4) is 0 Å². The average molecular weight is 452 g/mol. The zero-order valence-electron chi connectivity index (χ0n) is 18.8. The van der Waals surface area contributed by atoms with Gasteiger partial charge >= 0.3 is 6.03 Å². The first kappa shape index (κ1) is 19.5. The molecule has 7 rings (SSSR count). The summed E-state index contributed by atoms with van der Waals surface area (Å²) in [5.74, 6) is 1.88. The number of hydrogen-bond donors (Lipinski definition) is 1. The predicted octanol–water partition coefficient (Wildman–Crippen LogP) is 3.24. The molecule has 5 heterocycles. The van der Waals surface area contributed by atoms with E-state index in [0.29, 0.717) is 19.1 Å². The molecule has 0 unspecified atom stereocenters. The van der Waals surface area contributed by atoms with Crippen LogP contribution in [0.25, 0.3) is 22.2 Å². The highest BCUT2D eigenvalue weighted by molar-refractivity contribution is 5.83. The van der Waals surface area contributed by atoms with Crippen molar-refractivity contribution in [3.05, 3.63) is 72.3 Å². The third kappa shape index (κ3) is 3.05. The van der Waals surface area contributed by atoms with Crippen molar-refractivity contribution >= 4 is 23.0 Å². The van der Waals surface area contributed by atoms with Gasteiger partial charge in [-0.15, -0.1) is 0 Å². The van der Waals surface area contributed by atoms with Gasteiger partial charge in [-0.1, -0.05) is 36.4 Å². The molecule has 0 spiro atoms. The van der Waals surface area contributed by atoms with Crippen molar-refractivity contribution in [2.24, 2.45) is 0 Å². The lowest BCUT2D eigenvalue weighted by molar-refractivity contribution is 0.197. The van der Waals surface area contributed by atoms with Crippen molar-refractivity contribution in [3.8, 4) is 11.1 Å². The van der Waals surface area contributed by atoms with E-state index < -0.39 is 0 Å². The first-order valence-electron chi connectivity index (χ1n) is 11.9. The highest BCUT2D eigenvalue weighted by atomic mass is 16.2. The average Bonchev–Trinajstić information content (AvgIpc) is 3.58. The van der Waals surface area contributed by atoms with Crippen molar-refractivity contribution in [2.75, 3.05) is 31.1 Å². The lowest BCUT2D eigenvalue weighted by atomic mass is 10.0. The summed E-state index contributed by atoms with van der Waals surface area (Å²) in [7, 11) is 0. The molecule has 4 aromatic rings. The fourth-order valence-corrected chi connectivity index (χ4v) is 5.65. The van der Waals surface area contributed by atoms with Crippen molar-refractivity contribution in [1.82, 2.24) is 29.7 Å².